The quantitative estimate of drug-likeness (QED) is 0.307. The highest BCUT2D eigenvalue weighted by Gasteiger charge is 2.54. The van der Waals surface area contributed by atoms with E-state index < -0.39 is 57.2 Å². The summed E-state index contributed by atoms with van der Waals surface area (Å²) in [6, 6.07) is 20.6. The molecule has 0 saturated carbocycles. The maximum atomic E-state index is 13.4. The summed E-state index contributed by atoms with van der Waals surface area (Å²) >= 11 is 6.55. The fourth-order valence-corrected chi connectivity index (χ4v) is 7.03. The van der Waals surface area contributed by atoms with E-state index in [1.54, 1.807) is 36.4 Å². The first-order chi connectivity index (χ1) is 19.1. The highest BCUT2D eigenvalue weighted by Crippen LogP contribution is 2.38. The number of methoxy groups -OCH3 is 1. The third-order valence-electron chi connectivity index (χ3n) is 6.27. The summed E-state index contributed by atoms with van der Waals surface area (Å²) in [6.45, 7) is -0.00549. The van der Waals surface area contributed by atoms with Crippen LogP contribution in [0.15, 0.2) is 97.6 Å². The van der Waals surface area contributed by atoms with Gasteiger partial charge in [-0.2, -0.15) is 16.8 Å². The van der Waals surface area contributed by atoms with E-state index in [0.717, 1.165) is 0 Å². The second kappa shape index (κ2) is 12.3. The Morgan fingerprint density at radius 2 is 1.25 bits per heavy atom. The molecule has 2 fully saturated rings. The third kappa shape index (κ3) is 6.51. The molecular formula is C26H24Br2O10S2. The molecular weight excluding hydrogens is 696 g/mol. The van der Waals surface area contributed by atoms with Crippen LogP contribution in [-0.4, -0.2) is 61.3 Å². The second-order valence-electron chi connectivity index (χ2n) is 8.89. The van der Waals surface area contributed by atoms with Crippen molar-refractivity contribution in [2.75, 3.05) is 13.7 Å². The van der Waals surface area contributed by atoms with Crippen molar-refractivity contribution in [1.29, 1.82) is 0 Å². The van der Waals surface area contributed by atoms with Crippen molar-refractivity contribution < 1.29 is 44.1 Å². The van der Waals surface area contributed by atoms with Gasteiger partial charge in [-0.05, 0) is 48.5 Å². The van der Waals surface area contributed by atoms with Crippen molar-refractivity contribution in [2.24, 2.45) is 0 Å². The lowest BCUT2D eigenvalue weighted by Gasteiger charge is -2.47. The van der Waals surface area contributed by atoms with E-state index in [4.69, 9.17) is 27.3 Å². The van der Waals surface area contributed by atoms with Gasteiger partial charge in [-0.1, -0.05) is 62.2 Å². The predicted octanol–water partition coefficient (Wildman–Crippen LogP) is 4.55. The van der Waals surface area contributed by atoms with Gasteiger partial charge in [0.25, 0.3) is 20.2 Å². The molecule has 2 saturated heterocycles. The average molecular weight is 720 g/mol. The van der Waals surface area contributed by atoms with Crippen LogP contribution in [0.2, 0.25) is 0 Å². The van der Waals surface area contributed by atoms with E-state index in [2.05, 4.69) is 31.9 Å². The molecule has 2 aliphatic rings. The molecule has 3 aromatic carbocycles. The number of benzene rings is 3. The van der Waals surface area contributed by atoms with Crippen LogP contribution in [0, 0.1) is 0 Å². The number of fused-ring (bicyclic) bond motifs is 1. The Kier molecular flexibility index (Phi) is 9.12. The standard InChI is InChI=1S/C26H24Br2O10S2/c1-33-26-24(38-40(31,32)20-13-9-18(28)10-14-20)23(37-39(29,30)19-11-7-17(27)8-12-19)22-21(35-26)15-34-25(36-22)16-5-3-2-4-6-16/h2-14,21-26H,15H2,1H3/t21-,22-,23+,24+,25-,26-/m0/s1. The average Bonchev–Trinajstić information content (AvgIpc) is 2.94. The Bertz CT molecular complexity index is 1520. The Hall–Kier alpha value is -1.72. The monoisotopic (exact) mass is 718 g/mol. The van der Waals surface area contributed by atoms with Gasteiger partial charge in [-0.3, -0.25) is 8.37 Å². The Morgan fingerprint density at radius 3 is 1.77 bits per heavy atom. The lowest BCUT2D eigenvalue weighted by Crippen LogP contribution is -2.64. The topological polar surface area (TPSA) is 124 Å². The number of ether oxygens (including phenoxy) is 4. The summed E-state index contributed by atoms with van der Waals surface area (Å²) in [4.78, 5) is -0.300. The van der Waals surface area contributed by atoms with Crippen LogP contribution in [0.3, 0.4) is 0 Å². The molecule has 0 spiro atoms. The Labute approximate surface area is 249 Å². The van der Waals surface area contributed by atoms with E-state index in [9.17, 15) is 16.8 Å². The van der Waals surface area contributed by atoms with Gasteiger partial charge in [-0.25, -0.2) is 0 Å². The zero-order chi connectivity index (χ0) is 28.5. The minimum atomic E-state index is -4.43. The fraction of sp³-hybridized carbons (Fsp3) is 0.308. The van der Waals surface area contributed by atoms with Gasteiger partial charge in [0.2, 0.25) is 0 Å². The maximum Gasteiger partial charge on any atom is 0.297 e. The molecule has 0 aliphatic carbocycles. The van der Waals surface area contributed by atoms with E-state index in [1.165, 1.54) is 43.5 Å². The molecule has 0 aromatic heterocycles. The maximum absolute atomic E-state index is 13.4. The van der Waals surface area contributed by atoms with Crippen LogP contribution in [0.4, 0.5) is 0 Å². The van der Waals surface area contributed by atoms with Gasteiger partial charge in [-0.15, -0.1) is 0 Å². The van der Waals surface area contributed by atoms with Gasteiger partial charge in [0.1, 0.15) is 18.3 Å². The minimum Gasteiger partial charge on any atom is -0.353 e. The van der Waals surface area contributed by atoms with Gasteiger partial charge in [0, 0.05) is 21.6 Å². The van der Waals surface area contributed by atoms with Crippen molar-refractivity contribution in [2.45, 2.75) is 46.8 Å². The first kappa shape index (κ1) is 29.8. The number of hydrogen-bond acceptors (Lipinski definition) is 10. The van der Waals surface area contributed by atoms with Crippen LogP contribution in [0.5, 0.6) is 0 Å². The van der Waals surface area contributed by atoms with Crippen LogP contribution in [0.1, 0.15) is 11.9 Å². The van der Waals surface area contributed by atoms with Gasteiger partial charge >= 0.3 is 0 Å². The van der Waals surface area contributed by atoms with Crippen molar-refractivity contribution in [3.63, 3.8) is 0 Å². The van der Waals surface area contributed by atoms with Crippen LogP contribution < -0.4 is 0 Å². The van der Waals surface area contributed by atoms with E-state index in [-0.39, 0.29) is 16.4 Å². The van der Waals surface area contributed by atoms with Crippen molar-refractivity contribution >= 4 is 52.1 Å². The zero-order valence-corrected chi connectivity index (χ0v) is 25.6. The molecule has 0 radical (unpaired) electrons. The van der Waals surface area contributed by atoms with Crippen molar-refractivity contribution in [3.8, 4) is 0 Å². The molecule has 2 aliphatic heterocycles. The first-order valence-corrected chi connectivity index (χ1v) is 16.4. The number of halogens is 2. The summed E-state index contributed by atoms with van der Waals surface area (Å²) < 4.78 is 89.5. The Morgan fingerprint density at radius 1 is 0.725 bits per heavy atom. The lowest BCUT2D eigenvalue weighted by atomic mass is 9.98. The molecule has 3 aromatic rings. The molecule has 214 valence electrons. The molecule has 0 N–H and O–H groups in total. The number of hydrogen-bond donors (Lipinski definition) is 0. The van der Waals surface area contributed by atoms with E-state index >= 15 is 0 Å². The molecule has 40 heavy (non-hydrogen) atoms. The third-order valence-corrected chi connectivity index (χ3v) is 9.98. The molecule has 2 heterocycles. The normalized spacial score (nSPS) is 27.2. The Balaban J connectivity index is 1.53. The zero-order valence-electron chi connectivity index (χ0n) is 20.8. The molecule has 14 heteroatoms. The van der Waals surface area contributed by atoms with Crippen molar-refractivity contribution in [1.82, 2.24) is 0 Å². The summed E-state index contributed by atoms with van der Waals surface area (Å²) in [5.74, 6) is 0. The summed E-state index contributed by atoms with van der Waals surface area (Å²) in [7, 11) is -7.58. The van der Waals surface area contributed by atoms with Crippen LogP contribution in [0.25, 0.3) is 0 Å². The van der Waals surface area contributed by atoms with E-state index in [1.807, 2.05) is 6.07 Å². The minimum absolute atomic E-state index is 0.00549. The van der Waals surface area contributed by atoms with Gasteiger partial charge in [0.05, 0.1) is 16.4 Å². The summed E-state index contributed by atoms with van der Waals surface area (Å²) in [6.07, 6.45) is -7.27. The van der Waals surface area contributed by atoms with Crippen LogP contribution in [-0.2, 0) is 47.5 Å². The van der Waals surface area contributed by atoms with Gasteiger partial charge in [0.15, 0.2) is 18.7 Å². The summed E-state index contributed by atoms with van der Waals surface area (Å²) in [5.41, 5.74) is 0.671. The largest absolute Gasteiger partial charge is 0.353 e. The van der Waals surface area contributed by atoms with Gasteiger partial charge < -0.3 is 18.9 Å². The predicted molar refractivity (Wildman–Crippen MR) is 148 cm³/mol. The first-order valence-electron chi connectivity index (χ1n) is 12.0. The number of rotatable bonds is 8. The smallest absolute Gasteiger partial charge is 0.297 e. The summed E-state index contributed by atoms with van der Waals surface area (Å²) in [5, 5.41) is 0. The molecule has 0 unspecified atom stereocenters. The molecule has 0 bridgehead atoms. The second-order valence-corrected chi connectivity index (χ2v) is 13.9. The highest BCUT2D eigenvalue weighted by atomic mass is 79.9. The highest BCUT2D eigenvalue weighted by molar-refractivity contribution is 9.10. The molecule has 5 rings (SSSR count). The van der Waals surface area contributed by atoms with E-state index in [0.29, 0.717) is 14.5 Å². The van der Waals surface area contributed by atoms with Crippen LogP contribution >= 0.6 is 31.9 Å². The fourth-order valence-electron chi connectivity index (χ4n) is 4.33. The molecule has 6 atom stereocenters. The lowest BCUT2D eigenvalue weighted by molar-refractivity contribution is -0.351. The molecule has 0 amide bonds. The molecule has 10 nitrogen and oxygen atoms in total. The SMILES string of the molecule is CO[C@H]1O[C@H]2CO[C@H](c3ccccc3)O[C@@H]2[C@@H](OS(=O)(=O)c2ccc(Br)cc2)[C@H]1OS(=O)(=O)c1ccc(Br)cc1. The van der Waals surface area contributed by atoms with Crippen molar-refractivity contribution in [3.05, 3.63) is 93.4 Å².